The van der Waals surface area contributed by atoms with Gasteiger partial charge in [0.1, 0.15) is 29.9 Å². The fourth-order valence-corrected chi connectivity index (χ4v) is 5.60. The highest BCUT2D eigenvalue weighted by molar-refractivity contribution is 8.00. The van der Waals surface area contributed by atoms with Crippen molar-refractivity contribution in [1.82, 2.24) is 15.2 Å². The van der Waals surface area contributed by atoms with Crippen LogP contribution in [0.1, 0.15) is 18.5 Å². The maximum absolute atomic E-state index is 12.8. The average molecular weight is 454 g/mol. The van der Waals surface area contributed by atoms with Crippen LogP contribution in [-0.2, 0) is 24.0 Å². The standard InChI is InChI=1S/C17H19N5O6S2/c1-27-21-10(8-6-30-17(18)19-8)13(23)20-11-14(24)22-12(16(25)26)7(5-29-15(11)22)9-3-2-4-28-9/h6,9,11,15H,2-5H2,1H3,(H2,18,19)(H,20,23)(H,25,26). The molecule has 0 saturated carbocycles. The molecule has 3 aliphatic rings. The molecule has 4 N–H and O–H groups in total. The second-order valence-corrected chi connectivity index (χ2v) is 8.73. The number of nitrogens with two attached hydrogens (primary N) is 1. The molecule has 1 aromatic heterocycles. The number of hydrogen-bond acceptors (Lipinski definition) is 10. The zero-order valence-electron chi connectivity index (χ0n) is 15.9. The van der Waals surface area contributed by atoms with E-state index in [0.717, 1.165) is 24.2 Å². The van der Waals surface area contributed by atoms with Crippen LogP contribution in [0.25, 0.3) is 0 Å². The van der Waals surface area contributed by atoms with Crippen LogP contribution >= 0.6 is 23.1 Å². The number of fused-ring (bicyclic) bond motifs is 1. The van der Waals surface area contributed by atoms with Gasteiger partial charge in [-0.15, -0.1) is 23.1 Å². The van der Waals surface area contributed by atoms with Gasteiger partial charge >= 0.3 is 5.97 Å². The highest BCUT2D eigenvalue weighted by atomic mass is 32.2. The van der Waals surface area contributed by atoms with Crippen LogP contribution in [0.5, 0.6) is 0 Å². The number of rotatable bonds is 6. The highest BCUT2D eigenvalue weighted by Gasteiger charge is 2.55. The lowest BCUT2D eigenvalue weighted by molar-refractivity contribution is -0.150. The molecule has 160 valence electrons. The number of anilines is 1. The molecule has 3 unspecified atom stereocenters. The summed E-state index contributed by atoms with van der Waals surface area (Å²) >= 11 is 2.53. The fraction of sp³-hybridized carbons (Fsp3) is 0.471. The summed E-state index contributed by atoms with van der Waals surface area (Å²) in [5, 5.41) is 17.3. The third kappa shape index (κ3) is 3.52. The lowest BCUT2D eigenvalue weighted by Crippen LogP contribution is -2.71. The first kappa shape index (κ1) is 20.6. The highest BCUT2D eigenvalue weighted by Crippen LogP contribution is 2.42. The molecule has 1 aromatic rings. The lowest BCUT2D eigenvalue weighted by atomic mass is 9.99. The van der Waals surface area contributed by atoms with Gasteiger partial charge in [0.25, 0.3) is 11.8 Å². The molecule has 0 aromatic carbocycles. The maximum Gasteiger partial charge on any atom is 0.352 e. The van der Waals surface area contributed by atoms with Crippen molar-refractivity contribution in [3.63, 3.8) is 0 Å². The molecule has 0 spiro atoms. The first-order valence-electron chi connectivity index (χ1n) is 9.08. The van der Waals surface area contributed by atoms with Crippen molar-refractivity contribution >= 4 is 51.7 Å². The van der Waals surface area contributed by atoms with E-state index < -0.39 is 29.2 Å². The van der Waals surface area contributed by atoms with Crippen molar-refractivity contribution in [2.24, 2.45) is 5.16 Å². The topological polar surface area (TPSA) is 156 Å². The molecular formula is C17H19N5O6S2. The molecule has 2 saturated heterocycles. The van der Waals surface area contributed by atoms with E-state index in [-0.39, 0.29) is 28.3 Å². The van der Waals surface area contributed by atoms with Crippen molar-refractivity contribution in [1.29, 1.82) is 0 Å². The Bertz CT molecular complexity index is 954. The minimum Gasteiger partial charge on any atom is -0.477 e. The van der Waals surface area contributed by atoms with Crippen molar-refractivity contribution < 1.29 is 29.1 Å². The van der Waals surface area contributed by atoms with Gasteiger partial charge in [0.05, 0.1) is 6.10 Å². The third-order valence-corrected chi connectivity index (χ3v) is 6.94. The van der Waals surface area contributed by atoms with Crippen molar-refractivity contribution in [3.8, 4) is 0 Å². The molecule has 3 aliphatic heterocycles. The Balaban J connectivity index is 1.53. The SMILES string of the molecule is CON=C(C(=O)NC1C(=O)N2C(C(=O)O)=C(C3CCCO3)CSC12)c1csc(N)n1. The number of β-lactam (4-membered cyclic amide) rings is 1. The van der Waals surface area contributed by atoms with Gasteiger partial charge in [-0.1, -0.05) is 5.16 Å². The average Bonchev–Trinajstić information content (AvgIpc) is 3.40. The minimum atomic E-state index is -1.18. The number of aliphatic carboxylic acids is 1. The Labute approximate surface area is 179 Å². The molecule has 0 radical (unpaired) electrons. The molecule has 13 heteroatoms. The molecule has 3 atom stereocenters. The summed E-state index contributed by atoms with van der Waals surface area (Å²) in [5.41, 5.74) is 6.29. The second-order valence-electron chi connectivity index (χ2n) is 6.74. The zero-order valence-corrected chi connectivity index (χ0v) is 17.5. The van der Waals surface area contributed by atoms with E-state index in [1.165, 1.54) is 23.8 Å². The van der Waals surface area contributed by atoms with Gasteiger partial charge in [0.15, 0.2) is 10.8 Å². The molecular weight excluding hydrogens is 434 g/mol. The predicted octanol–water partition coefficient (Wildman–Crippen LogP) is -0.00660. The number of nitrogen functional groups attached to an aromatic ring is 1. The van der Waals surface area contributed by atoms with Gasteiger partial charge in [-0.25, -0.2) is 9.78 Å². The van der Waals surface area contributed by atoms with Gasteiger partial charge in [-0.05, 0) is 18.4 Å². The summed E-state index contributed by atoms with van der Waals surface area (Å²) in [6.07, 6.45) is 1.29. The van der Waals surface area contributed by atoms with Crippen LogP contribution in [0, 0.1) is 0 Å². The Morgan fingerprint density at radius 1 is 1.50 bits per heavy atom. The summed E-state index contributed by atoms with van der Waals surface area (Å²) in [6.45, 7) is 0.574. The summed E-state index contributed by atoms with van der Waals surface area (Å²) in [4.78, 5) is 47.4. The van der Waals surface area contributed by atoms with Gasteiger partial charge in [0, 0.05) is 17.7 Å². The zero-order chi connectivity index (χ0) is 21.4. The van der Waals surface area contributed by atoms with E-state index in [4.69, 9.17) is 15.3 Å². The van der Waals surface area contributed by atoms with E-state index in [1.807, 2.05) is 0 Å². The number of carbonyl (C=O) groups excluding carboxylic acids is 2. The van der Waals surface area contributed by atoms with Crippen LogP contribution in [-0.4, -0.2) is 75.5 Å². The first-order chi connectivity index (χ1) is 14.4. The number of oxime groups is 1. The number of hydrogen-bond donors (Lipinski definition) is 3. The second kappa shape index (κ2) is 8.24. The Morgan fingerprint density at radius 3 is 2.90 bits per heavy atom. The Hall–Kier alpha value is -2.64. The number of aromatic nitrogens is 1. The first-order valence-corrected chi connectivity index (χ1v) is 11.0. The predicted molar refractivity (Wildman–Crippen MR) is 109 cm³/mol. The quantitative estimate of drug-likeness (QED) is 0.306. The summed E-state index contributed by atoms with van der Waals surface area (Å²) in [5.74, 6) is -1.92. The van der Waals surface area contributed by atoms with E-state index in [2.05, 4.69) is 15.5 Å². The molecule has 11 nitrogen and oxygen atoms in total. The van der Waals surface area contributed by atoms with E-state index in [0.29, 0.717) is 17.9 Å². The number of carbonyl (C=O) groups is 3. The van der Waals surface area contributed by atoms with Crippen molar-refractivity contribution in [2.75, 3.05) is 25.2 Å². The van der Waals surface area contributed by atoms with Crippen LogP contribution in [0.3, 0.4) is 0 Å². The monoisotopic (exact) mass is 453 g/mol. The number of ether oxygens (including phenoxy) is 1. The number of nitrogens with zero attached hydrogens (tertiary/aromatic N) is 3. The summed E-state index contributed by atoms with van der Waals surface area (Å²) in [7, 11) is 1.28. The molecule has 2 amide bonds. The summed E-state index contributed by atoms with van der Waals surface area (Å²) < 4.78 is 5.63. The maximum atomic E-state index is 12.8. The number of nitrogens with one attached hydrogen (secondary N) is 1. The normalized spacial score (nSPS) is 26.3. The van der Waals surface area contributed by atoms with Gasteiger partial charge < -0.3 is 25.7 Å². The number of thioether (sulfide) groups is 1. The van der Waals surface area contributed by atoms with Crippen molar-refractivity contribution in [3.05, 3.63) is 22.3 Å². The number of carboxylic acid groups (broad SMARTS) is 1. The van der Waals surface area contributed by atoms with E-state index in [1.54, 1.807) is 5.38 Å². The van der Waals surface area contributed by atoms with Gasteiger partial charge in [-0.2, -0.15) is 0 Å². The van der Waals surface area contributed by atoms with E-state index in [9.17, 15) is 19.5 Å². The molecule has 0 bridgehead atoms. The summed E-state index contributed by atoms with van der Waals surface area (Å²) in [6, 6.07) is -0.888. The molecule has 0 aliphatic carbocycles. The number of carboxylic acids is 1. The minimum absolute atomic E-state index is 0.0424. The lowest BCUT2D eigenvalue weighted by Gasteiger charge is -2.49. The number of thiazole rings is 1. The van der Waals surface area contributed by atoms with Crippen LogP contribution in [0.4, 0.5) is 5.13 Å². The van der Waals surface area contributed by atoms with Crippen LogP contribution in [0.2, 0.25) is 0 Å². The van der Waals surface area contributed by atoms with Crippen LogP contribution in [0.15, 0.2) is 21.8 Å². The Kier molecular flexibility index (Phi) is 5.66. The third-order valence-electron chi connectivity index (χ3n) is 4.97. The number of amides is 2. The smallest absolute Gasteiger partial charge is 0.352 e. The van der Waals surface area contributed by atoms with Crippen molar-refractivity contribution in [2.45, 2.75) is 30.4 Å². The Morgan fingerprint density at radius 2 is 2.30 bits per heavy atom. The molecule has 4 rings (SSSR count). The van der Waals surface area contributed by atoms with Crippen LogP contribution < -0.4 is 11.1 Å². The van der Waals surface area contributed by atoms with Gasteiger partial charge in [-0.3, -0.25) is 14.5 Å². The molecule has 30 heavy (non-hydrogen) atoms. The largest absolute Gasteiger partial charge is 0.477 e. The molecule has 4 heterocycles. The van der Waals surface area contributed by atoms with Gasteiger partial charge in [0.2, 0.25) is 0 Å². The fourth-order valence-electron chi connectivity index (χ4n) is 3.64. The van der Waals surface area contributed by atoms with E-state index >= 15 is 0 Å². The molecule has 2 fully saturated rings.